The average Bonchev–Trinajstić information content (AvgIpc) is 2.25. The van der Waals surface area contributed by atoms with Gasteiger partial charge in [-0.25, -0.2) is 4.98 Å². The summed E-state index contributed by atoms with van der Waals surface area (Å²) >= 11 is 0. The largest absolute Gasteiger partial charge is 0.395 e. The minimum absolute atomic E-state index is 0.0190. The first-order chi connectivity index (χ1) is 9.22. The van der Waals surface area contributed by atoms with Gasteiger partial charge in [0.1, 0.15) is 11.5 Å². The lowest BCUT2D eigenvalue weighted by molar-refractivity contribution is 0.305. The van der Waals surface area contributed by atoms with Gasteiger partial charge in [0.2, 0.25) is 0 Å². The van der Waals surface area contributed by atoms with Crippen LogP contribution in [0.15, 0.2) is 18.2 Å². The van der Waals surface area contributed by atoms with Crippen LogP contribution in [0.4, 0.5) is 5.82 Å². The van der Waals surface area contributed by atoms with E-state index in [9.17, 15) is 8.42 Å². The molecule has 0 unspecified atom stereocenters. The number of anilines is 1. The summed E-state index contributed by atoms with van der Waals surface area (Å²) in [5, 5.41) is 8.64. The Hall–Kier alpha value is -1.62. The highest BCUT2D eigenvalue weighted by Gasteiger charge is 2.19. The molecule has 0 saturated heterocycles. The van der Waals surface area contributed by atoms with Crippen LogP contribution < -0.4 is 9.44 Å². The monoisotopic (exact) mass is 297 g/mol. The van der Waals surface area contributed by atoms with Gasteiger partial charge in [0, 0.05) is 12.0 Å². The minimum Gasteiger partial charge on any atom is -0.395 e. The van der Waals surface area contributed by atoms with E-state index in [0.29, 0.717) is 12.1 Å². The van der Waals surface area contributed by atoms with Crippen molar-refractivity contribution in [3.63, 3.8) is 0 Å². The lowest BCUT2D eigenvalue weighted by Gasteiger charge is -2.20. The highest BCUT2D eigenvalue weighted by molar-refractivity contribution is 7.90. The van der Waals surface area contributed by atoms with Gasteiger partial charge in [-0.05, 0) is 38.8 Å². The zero-order valence-corrected chi connectivity index (χ0v) is 12.6. The van der Waals surface area contributed by atoms with Crippen molar-refractivity contribution in [2.75, 3.05) is 11.3 Å². The van der Waals surface area contributed by atoms with Gasteiger partial charge in [-0.3, -0.25) is 4.72 Å². The van der Waals surface area contributed by atoms with Crippen LogP contribution >= 0.6 is 0 Å². The van der Waals surface area contributed by atoms with Gasteiger partial charge in [0.15, 0.2) is 0 Å². The van der Waals surface area contributed by atoms with E-state index in [2.05, 4.69) is 26.3 Å². The van der Waals surface area contributed by atoms with E-state index >= 15 is 0 Å². The summed E-state index contributed by atoms with van der Waals surface area (Å²) in [6, 6.07) is 4.86. The van der Waals surface area contributed by atoms with Crippen molar-refractivity contribution in [3.05, 3.63) is 23.9 Å². The second-order valence-electron chi connectivity index (χ2n) is 5.14. The Morgan fingerprint density at radius 3 is 2.65 bits per heavy atom. The third-order valence-electron chi connectivity index (χ3n) is 1.88. The Labute approximate surface area is 119 Å². The quantitative estimate of drug-likeness (QED) is 0.719. The molecule has 0 amide bonds. The third-order valence-corrected chi connectivity index (χ3v) is 3.24. The lowest BCUT2D eigenvalue weighted by Crippen LogP contribution is -2.43. The fourth-order valence-electron chi connectivity index (χ4n) is 1.34. The highest BCUT2D eigenvalue weighted by Crippen LogP contribution is 2.08. The lowest BCUT2D eigenvalue weighted by atomic mass is 10.1. The van der Waals surface area contributed by atoms with E-state index in [4.69, 9.17) is 5.11 Å². The summed E-state index contributed by atoms with van der Waals surface area (Å²) in [7, 11) is -3.68. The molecule has 110 valence electrons. The van der Waals surface area contributed by atoms with Crippen LogP contribution in [0.25, 0.3) is 0 Å². The van der Waals surface area contributed by atoms with Gasteiger partial charge < -0.3 is 5.11 Å². The SMILES string of the molecule is CC(C)(C)NS(=O)(=O)Nc1cccc(C#CCCO)n1. The number of pyridine rings is 1. The van der Waals surface area contributed by atoms with E-state index in [-0.39, 0.29) is 12.4 Å². The number of hydrogen-bond donors (Lipinski definition) is 3. The molecule has 0 aliphatic rings. The van der Waals surface area contributed by atoms with E-state index < -0.39 is 15.7 Å². The maximum absolute atomic E-state index is 11.9. The summed E-state index contributed by atoms with van der Waals surface area (Å²) < 4.78 is 28.5. The number of hydrogen-bond acceptors (Lipinski definition) is 4. The summed E-state index contributed by atoms with van der Waals surface area (Å²) in [5.74, 6) is 5.66. The van der Waals surface area contributed by atoms with Crippen molar-refractivity contribution in [3.8, 4) is 11.8 Å². The number of nitrogens with one attached hydrogen (secondary N) is 2. The van der Waals surface area contributed by atoms with Crippen molar-refractivity contribution in [2.45, 2.75) is 32.7 Å². The van der Waals surface area contributed by atoms with E-state index in [1.165, 1.54) is 0 Å². The number of aliphatic hydroxyl groups is 1. The Morgan fingerprint density at radius 2 is 2.05 bits per heavy atom. The topological polar surface area (TPSA) is 91.3 Å². The Kier molecular flexibility index (Phi) is 5.51. The molecule has 7 heteroatoms. The van der Waals surface area contributed by atoms with Crippen molar-refractivity contribution in [1.82, 2.24) is 9.71 Å². The molecule has 0 atom stereocenters. The molecule has 6 nitrogen and oxygen atoms in total. The molecule has 1 aromatic rings. The van der Waals surface area contributed by atoms with Crippen LogP contribution in [0.5, 0.6) is 0 Å². The third kappa shape index (κ3) is 6.52. The van der Waals surface area contributed by atoms with Crippen LogP contribution in [-0.2, 0) is 10.2 Å². The van der Waals surface area contributed by atoms with Crippen LogP contribution in [0.2, 0.25) is 0 Å². The fourth-order valence-corrected chi connectivity index (χ4v) is 2.58. The second kappa shape index (κ2) is 6.70. The second-order valence-corrected chi connectivity index (χ2v) is 6.56. The van der Waals surface area contributed by atoms with Crippen LogP contribution in [0.1, 0.15) is 32.9 Å². The molecule has 0 aromatic carbocycles. The Morgan fingerprint density at radius 1 is 1.35 bits per heavy atom. The maximum Gasteiger partial charge on any atom is 0.300 e. The van der Waals surface area contributed by atoms with Gasteiger partial charge in [-0.2, -0.15) is 13.1 Å². The molecular weight excluding hydrogens is 278 g/mol. The Balaban J connectivity index is 2.84. The molecule has 0 fully saturated rings. The van der Waals surface area contributed by atoms with Crippen molar-refractivity contribution >= 4 is 16.0 Å². The molecule has 0 aliphatic carbocycles. The predicted molar refractivity (Wildman–Crippen MR) is 78.2 cm³/mol. The average molecular weight is 297 g/mol. The fraction of sp³-hybridized carbons (Fsp3) is 0.462. The number of aliphatic hydroxyl groups excluding tert-OH is 1. The minimum atomic E-state index is -3.68. The summed E-state index contributed by atoms with van der Waals surface area (Å²) in [6.07, 6.45) is 0.350. The maximum atomic E-state index is 11.9. The molecular formula is C13H19N3O3S. The van der Waals surface area contributed by atoms with Gasteiger partial charge in [-0.1, -0.05) is 12.0 Å². The normalized spacial score (nSPS) is 11.6. The van der Waals surface area contributed by atoms with E-state index in [1.807, 2.05) is 0 Å². The van der Waals surface area contributed by atoms with Crippen molar-refractivity contribution in [1.29, 1.82) is 0 Å². The first kappa shape index (κ1) is 16.4. The zero-order chi connectivity index (χ0) is 15.2. The molecule has 1 heterocycles. The molecule has 0 saturated carbocycles. The summed E-state index contributed by atoms with van der Waals surface area (Å²) in [4.78, 5) is 4.07. The first-order valence-electron chi connectivity index (χ1n) is 6.10. The van der Waals surface area contributed by atoms with E-state index in [0.717, 1.165) is 0 Å². The smallest absolute Gasteiger partial charge is 0.300 e. The predicted octanol–water partition coefficient (Wildman–Crippen LogP) is 0.860. The standard InChI is InChI=1S/C13H19N3O3S/c1-13(2,3)16-20(18,19)15-12-9-6-8-11(14-12)7-4-5-10-17/h6,8-9,16-17H,5,10H2,1-3H3,(H,14,15). The number of aromatic nitrogens is 1. The van der Waals surface area contributed by atoms with Gasteiger partial charge >= 0.3 is 10.2 Å². The Bertz CT molecular complexity index is 610. The van der Waals surface area contributed by atoms with Crippen LogP contribution in [-0.4, -0.2) is 30.7 Å². The molecule has 0 radical (unpaired) electrons. The summed E-state index contributed by atoms with van der Waals surface area (Å²) in [6.45, 7) is 5.22. The van der Waals surface area contributed by atoms with Crippen LogP contribution in [0, 0.1) is 11.8 Å². The number of rotatable bonds is 4. The molecule has 20 heavy (non-hydrogen) atoms. The molecule has 0 spiro atoms. The molecule has 0 bridgehead atoms. The van der Waals surface area contributed by atoms with Gasteiger partial charge in [0.25, 0.3) is 0 Å². The van der Waals surface area contributed by atoms with Gasteiger partial charge in [-0.15, -0.1) is 0 Å². The molecule has 1 rings (SSSR count). The summed E-state index contributed by atoms with van der Waals surface area (Å²) in [5.41, 5.74) is -0.140. The molecule has 1 aromatic heterocycles. The van der Waals surface area contributed by atoms with Crippen molar-refractivity contribution in [2.24, 2.45) is 0 Å². The molecule has 0 aliphatic heterocycles. The van der Waals surface area contributed by atoms with E-state index in [1.54, 1.807) is 39.0 Å². The molecule has 3 N–H and O–H groups in total. The van der Waals surface area contributed by atoms with Crippen LogP contribution in [0.3, 0.4) is 0 Å². The van der Waals surface area contributed by atoms with Gasteiger partial charge in [0.05, 0.1) is 6.61 Å². The van der Waals surface area contributed by atoms with Crippen molar-refractivity contribution < 1.29 is 13.5 Å². The zero-order valence-electron chi connectivity index (χ0n) is 11.8. The first-order valence-corrected chi connectivity index (χ1v) is 7.59. The number of nitrogens with zero attached hydrogens (tertiary/aromatic N) is 1. The highest BCUT2D eigenvalue weighted by atomic mass is 32.2.